The van der Waals surface area contributed by atoms with E-state index in [1.54, 1.807) is 0 Å². The lowest BCUT2D eigenvalue weighted by molar-refractivity contribution is -0.137. The van der Waals surface area contributed by atoms with Crippen molar-refractivity contribution in [3.8, 4) is 28.5 Å². The van der Waals surface area contributed by atoms with E-state index in [1.807, 2.05) is 0 Å². The summed E-state index contributed by atoms with van der Waals surface area (Å²) >= 11 is 0. The molecule has 0 bridgehead atoms. The average molecular weight is 434 g/mol. The zero-order chi connectivity index (χ0) is 22.9. The van der Waals surface area contributed by atoms with E-state index in [0.29, 0.717) is 5.56 Å². The molecular weight excluding hydrogens is 417 g/mol. The van der Waals surface area contributed by atoms with Crippen molar-refractivity contribution in [3.05, 3.63) is 59.3 Å². The molecule has 0 atom stereocenters. The van der Waals surface area contributed by atoms with E-state index in [9.17, 15) is 33.3 Å². The van der Waals surface area contributed by atoms with Crippen LogP contribution in [0.15, 0.2) is 47.6 Å². The Bertz CT molecular complexity index is 1170. The minimum absolute atomic E-state index is 0.0197. The molecule has 0 spiro atoms. The largest absolute Gasteiger partial charge is 0.504 e. The monoisotopic (exact) mass is 434 g/mol. The highest BCUT2D eigenvalue weighted by Gasteiger charge is 2.30. The number of aryl methyl sites for hydroxylation is 1. The van der Waals surface area contributed by atoms with Crippen LogP contribution < -0.4 is 5.43 Å². The number of carbonyl (C=O) groups is 1. The maximum absolute atomic E-state index is 12.8. The summed E-state index contributed by atoms with van der Waals surface area (Å²) in [5.41, 5.74) is 2.07. The van der Waals surface area contributed by atoms with Crippen LogP contribution in [0.3, 0.4) is 0 Å². The van der Waals surface area contributed by atoms with Crippen LogP contribution in [0.2, 0.25) is 0 Å². The molecule has 0 saturated carbocycles. The van der Waals surface area contributed by atoms with Gasteiger partial charge < -0.3 is 15.3 Å². The van der Waals surface area contributed by atoms with Crippen molar-refractivity contribution < 1.29 is 33.3 Å². The molecular formula is C20H17F3N4O4. The molecule has 31 heavy (non-hydrogen) atoms. The van der Waals surface area contributed by atoms with Gasteiger partial charge in [0.05, 0.1) is 11.3 Å². The summed E-state index contributed by atoms with van der Waals surface area (Å²) in [4.78, 5) is 12.1. The fraction of sp³-hybridized carbons (Fsp3) is 0.150. The van der Waals surface area contributed by atoms with Crippen LogP contribution in [0, 0.1) is 0 Å². The third-order valence-electron chi connectivity index (χ3n) is 4.41. The van der Waals surface area contributed by atoms with E-state index in [0.717, 1.165) is 24.3 Å². The quantitative estimate of drug-likeness (QED) is 0.285. The van der Waals surface area contributed by atoms with Gasteiger partial charge in [0.1, 0.15) is 5.69 Å². The number of amides is 1. The predicted octanol–water partition coefficient (Wildman–Crippen LogP) is 3.38. The van der Waals surface area contributed by atoms with E-state index in [-0.39, 0.29) is 34.2 Å². The molecule has 0 aliphatic heterocycles. The Morgan fingerprint density at radius 1 is 1.06 bits per heavy atom. The predicted molar refractivity (Wildman–Crippen MR) is 105 cm³/mol. The summed E-state index contributed by atoms with van der Waals surface area (Å²) in [6, 6.07) is 7.70. The lowest BCUT2D eigenvalue weighted by Crippen LogP contribution is -2.19. The molecule has 1 aromatic heterocycles. The highest BCUT2D eigenvalue weighted by molar-refractivity contribution is 6.02. The van der Waals surface area contributed by atoms with Gasteiger partial charge >= 0.3 is 6.18 Å². The number of benzene rings is 2. The zero-order valence-electron chi connectivity index (χ0n) is 16.3. The molecule has 3 rings (SSSR count). The maximum atomic E-state index is 12.8. The first kappa shape index (κ1) is 21.7. The Kier molecular flexibility index (Phi) is 5.60. The van der Waals surface area contributed by atoms with E-state index in [4.69, 9.17) is 0 Å². The second-order valence-corrected chi connectivity index (χ2v) is 6.59. The van der Waals surface area contributed by atoms with Gasteiger partial charge in [-0.1, -0.05) is 12.1 Å². The number of halogens is 3. The SMILES string of the molecule is CC(=NNC(=O)c1ccc(O)c(O)c1)c1nn(C)c(-c2ccc(C(F)(F)F)cc2)c1O. The second-order valence-electron chi connectivity index (χ2n) is 6.59. The molecule has 8 nitrogen and oxygen atoms in total. The summed E-state index contributed by atoms with van der Waals surface area (Å²) in [5, 5.41) is 37.3. The van der Waals surface area contributed by atoms with E-state index < -0.39 is 23.4 Å². The lowest BCUT2D eigenvalue weighted by Gasteiger charge is -2.08. The van der Waals surface area contributed by atoms with Gasteiger partial charge in [0.15, 0.2) is 22.9 Å². The molecule has 0 unspecified atom stereocenters. The van der Waals surface area contributed by atoms with Gasteiger partial charge in [0, 0.05) is 18.2 Å². The van der Waals surface area contributed by atoms with Gasteiger partial charge in [-0.3, -0.25) is 9.48 Å². The number of hydrogen-bond acceptors (Lipinski definition) is 6. The standard InChI is InChI=1S/C20H17F3N4O4/c1-10(24-25-19(31)12-5-8-14(28)15(29)9-12)16-18(30)17(27(2)26-16)11-3-6-13(7-4-11)20(21,22)23/h3-9,28-30H,1-2H3,(H,25,31). The number of carbonyl (C=O) groups excluding carboxylic acids is 1. The molecule has 162 valence electrons. The van der Waals surface area contributed by atoms with Gasteiger partial charge in [-0.25, -0.2) is 5.43 Å². The fourth-order valence-corrected chi connectivity index (χ4v) is 2.81. The van der Waals surface area contributed by atoms with Gasteiger partial charge in [-0.15, -0.1) is 0 Å². The van der Waals surface area contributed by atoms with Crippen LogP contribution in [0.25, 0.3) is 11.3 Å². The summed E-state index contributed by atoms with van der Waals surface area (Å²) < 4.78 is 39.6. The van der Waals surface area contributed by atoms with Crippen molar-refractivity contribution >= 4 is 11.6 Å². The molecule has 4 N–H and O–H groups in total. The number of aromatic nitrogens is 2. The van der Waals surface area contributed by atoms with Gasteiger partial charge in [0.25, 0.3) is 5.91 Å². The number of rotatable bonds is 4. The highest BCUT2D eigenvalue weighted by atomic mass is 19.4. The van der Waals surface area contributed by atoms with Crippen LogP contribution in [-0.2, 0) is 13.2 Å². The lowest BCUT2D eigenvalue weighted by atomic mass is 10.1. The van der Waals surface area contributed by atoms with E-state index >= 15 is 0 Å². The number of nitrogens with one attached hydrogen (secondary N) is 1. The molecule has 1 amide bonds. The first-order valence-electron chi connectivity index (χ1n) is 8.79. The molecule has 2 aromatic carbocycles. The summed E-state index contributed by atoms with van der Waals surface area (Å²) in [6.07, 6.45) is -4.48. The highest BCUT2D eigenvalue weighted by Crippen LogP contribution is 2.35. The van der Waals surface area contributed by atoms with Crippen LogP contribution in [0.1, 0.15) is 28.5 Å². The van der Waals surface area contributed by atoms with Gasteiger partial charge in [-0.2, -0.15) is 23.4 Å². The molecule has 0 saturated heterocycles. The molecule has 11 heteroatoms. The summed E-state index contributed by atoms with van der Waals surface area (Å²) in [6.45, 7) is 1.47. The number of nitrogens with zero attached hydrogens (tertiary/aromatic N) is 3. The maximum Gasteiger partial charge on any atom is 0.416 e. The second kappa shape index (κ2) is 8.01. The minimum atomic E-state index is -4.48. The van der Waals surface area contributed by atoms with Crippen molar-refractivity contribution in [1.82, 2.24) is 15.2 Å². The Balaban J connectivity index is 1.85. The molecule has 1 heterocycles. The molecule has 3 aromatic rings. The van der Waals surface area contributed by atoms with Crippen molar-refractivity contribution in [2.75, 3.05) is 0 Å². The fourth-order valence-electron chi connectivity index (χ4n) is 2.81. The molecule has 0 fully saturated rings. The van der Waals surface area contributed by atoms with Crippen LogP contribution in [0.4, 0.5) is 13.2 Å². The Hall–Kier alpha value is -4.02. The van der Waals surface area contributed by atoms with Crippen LogP contribution in [0.5, 0.6) is 17.2 Å². The first-order valence-corrected chi connectivity index (χ1v) is 8.79. The number of alkyl halides is 3. The van der Waals surface area contributed by atoms with Crippen molar-refractivity contribution in [2.24, 2.45) is 12.1 Å². The molecule has 0 radical (unpaired) electrons. The number of hydrogen-bond donors (Lipinski definition) is 4. The van der Waals surface area contributed by atoms with Crippen molar-refractivity contribution in [3.63, 3.8) is 0 Å². The zero-order valence-corrected chi connectivity index (χ0v) is 16.3. The van der Waals surface area contributed by atoms with Crippen LogP contribution >= 0.6 is 0 Å². The van der Waals surface area contributed by atoms with Crippen molar-refractivity contribution in [2.45, 2.75) is 13.1 Å². The van der Waals surface area contributed by atoms with Gasteiger partial charge in [-0.05, 0) is 37.3 Å². The van der Waals surface area contributed by atoms with Crippen LogP contribution in [-0.4, -0.2) is 36.7 Å². The number of phenolic OH excluding ortho intramolecular Hbond substituents is 2. The van der Waals surface area contributed by atoms with E-state index in [1.165, 1.54) is 36.9 Å². The Morgan fingerprint density at radius 3 is 2.29 bits per heavy atom. The average Bonchev–Trinajstić information content (AvgIpc) is 3.01. The normalized spacial score (nSPS) is 12.1. The van der Waals surface area contributed by atoms with E-state index in [2.05, 4.69) is 15.6 Å². The molecule has 0 aliphatic carbocycles. The third-order valence-corrected chi connectivity index (χ3v) is 4.41. The summed E-state index contributed by atoms with van der Waals surface area (Å²) in [7, 11) is 1.50. The van der Waals surface area contributed by atoms with Crippen molar-refractivity contribution in [1.29, 1.82) is 0 Å². The minimum Gasteiger partial charge on any atom is -0.504 e. The smallest absolute Gasteiger partial charge is 0.416 e. The summed E-state index contributed by atoms with van der Waals surface area (Å²) in [5.74, 6) is -1.87. The number of hydrazone groups is 1. The topological polar surface area (TPSA) is 120 Å². The Morgan fingerprint density at radius 2 is 1.71 bits per heavy atom. The number of phenols is 2. The molecule has 0 aliphatic rings. The number of aromatic hydroxyl groups is 3. The Labute approximate surface area is 173 Å². The first-order chi connectivity index (χ1) is 14.5. The third kappa shape index (κ3) is 4.44. The van der Waals surface area contributed by atoms with Gasteiger partial charge in [0.2, 0.25) is 0 Å².